The Morgan fingerprint density at radius 2 is 1.90 bits per heavy atom. The van der Waals surface area contributed by atoms with E-state index in [0.717, 1.165) is 37.6 Å². The van der Waals surface area contributed by atoms with Crippen molar-refractivity contribution in [3.05, 3.63) is 54.2 Å². The SMILES string of the molecule is Oc1cccc(/C=N\N2CCN(c3cccc[nH+]3)CC2)c1. The largest absolute Gasteiger partial charge is 0.508 e. The second kappa shape index (κ2) is 6.26. The highest BCUT2D eigenvalue weighted by Gasteiger charge is 2.21. The number of phenolic OH excluding ortho intramolecular Hbond substituents is 1. The van der Waals surface area contributed by atoms with E-state index in [0.29, 0.717) is 0 Å². The molecule has 108 valence electrons. The minimum Gasteiger partial charge on any atom is -0.508 e. The number of aromatic nitrogens is 1. The first kappa shape index (κ1) is 13.4. The van der Waals surface area contributed by atoms with Crippen LogP contribution in [0.25, 0.3) is 0 Å². The van der Waals surface area contributed by atoms with Gasteiger partial charge in [0.1, 0.15) is 18.8 Å². The van der Waals surface area contributed by atoms with Crippen LogP contribution in [-0.4, -0.2) is 42.5 Å². The molecular formula is C16H19N4O+. The third-order valence-electron chi connectivity index (χ3n) is 3.53. The summed E-state index contributed by atoms with van der Waals surface area (Å²) in [4.78, 5) is 5.58. The summed E-state index contributed by atoms with van der Waals surface area (Å²) in [6.45, 7) is 3.66. The van der Waals surface area contributed by atoms with E-state index in [2.05, 4.69) is 26.1 Å². The summed E-state index contributed by atoms with van der Waals surface area (Å²) in [6.07, 6.45) is 3.74. The van der Waals surface area contributed by atoms with Crippen molar-refractivity contribution in [2.24, 2.45) is 5.10 Å². The van der Waals surface area contributed by atoms with Crippen LogP contribution in [0, 0.1) is 0 Å². The molecule has 0 aliphatic carbocycles. The van der Waals surface area contributed by atoms with Gasteiger partial charge in [-0.05, 0) is 23.8 Å². The van der Waals surface area contributed by atoms with Gasteiger partial charge in [0, 0.05) is 6.07 Å². The molecule has 2 aromatic rings. The summed E-state index contributed by atoms with van der Waals surface area (Å²) in [6, 6.07) is 13.2. The molecule has 0 saturated carbocycles. The Hall–Kier alpha value is -2.56. The molecule has 0 atom stereocenters. The fourth-order valence-corrected chi connectivity index (χ4v) is 2.39. The smallest absolute Gasteiger partial charge is 0.274 e. The van der Waals surface area contributed by atoms with Crippen molar-refractivity contribution in [2.75, 3.05) is 31.1 Å². The summed E-state index contributed by atoms with van der Waals surface area (Å²) in [5.74, 6) is 1.41. The van der Waals surface area contributed by atoms with Crippen LogP contribution in [0.15, 0.2) is 53.8 Å². The summed E-state index contributed by atoms with van der Waals surface area (Å²) in [5.41, 5.74) is 0.911. The number of rotatable bonds is 3. The van der Waals surface area contributed by atoms with Crippen molar-refractivity contribution in [1.29, 1.82) is 0 Å². The zero-order valence-electron chi connectivity index (χ0n) is 11.8. The van der Waals surface area contributed by atoms with Crippen molar-refractivity contribution in [1.82, 2.24) is 5.01 Å². The molecule has 0 unspecified atom stereocenters. The van der Waals surface area contributed by atoms with Gasteiger partial charge in [-0.15, -0.1) is 0 Å². The number of H-pyrrole nitrogens is 1. The summed E-state index contributed by atoms with van der Waals surface area (Å²) < 4.78 is 0. The van der Waals surface area contributed by atoms with Crippen molar-refractivity contribution in [2.45, 2.75) is 0 Å². The minimum absolute atomic E-state index is 0.267. The minimum atomic E-state index is 0.267. The number of nitrogens with one attached hydrogen (secondary N) is 1. The molecule has 1 aliphatic rings. The van der Waals surface area contributed by atoms with Crippen LogP contribution in [0.4, 0.5) is 5.82 Å². The zero-order valence-corrected chi connectivity index (χ0v) is 11.8. The van der Waals surface area contributed by atoms with Crippen LogP contribution in [-0.2, 0) is 0 Å². The Bertz CT molecular complexity index is 607. The highest BCUT2D eigenvalue weighted by Crippen LogP contribution is 2.11. The molecule has 1 aromatic heterocycles. The van der Waals surface area contributed by atoms with E-state index in [4.69, 9.17) is 0 Å². The summed E-state index contributed by atoms with van der Waals surface area (Å²) in [5, 5.41) is 16.0. The molecule has 1 fully saturated rings. The Morgan fingerprint density at radius 1 is 1.05 bits per heavy atom. The van der Waals surface area contributed by atoms with Gasteiger partial charge in [0.05, 0.1) is 25.5 Å². The van der Waals surface area contributed by atoms with Gasteiger partial charge < -0.3 is 5.11 Å². The molecule has 0 radical (unpaired) electrons. The van der Waals surface area contributed by atoms with Gasteiger partial charge in [0.15, 0.2) is 0 Å². The first-order valence-electron chi connectivity index (χ1n) is 7.11. The molecule has 1 aromatic carbocycles. The van der Waals surface area contributed by atoms with Crippen LogP contribution >= 0.6 is 0 Å². The molecule has 5 nitrogen and oxygen atoms in total. The maximum Gasteiger partial charge on any atom is 0.274 e. The van der Waals surface area contributed by atoms with Gasteiger partial charge in [-0.2, -0.15) is 5.10 Å². The fraction of sp³-hybridized carbons (Fsp3) is 0.250. The zero-order chi connectivity index (χ0) is 14.5. The molecule has 3 rings (SSSR count). The Morgan fingerprint density at radius 3 is 2.62 bits per heavy atom. The molecule has 0 spiro atoms. The number of nitrogens with zero attached hydrogens (tertiary/aromatic N) is 3. The maximum absolute atomic E-state index is 9.43. The fourth-order valence-electron chi connectivity index (χ4n) is 2.39. The lowest BCUT2D eigenvalue weighted by Gasteiger charge is -2.28. The Kier molecular flexibility index (Phi) is 4.00. The second-order valence-corrected chi connectivity index (χ2v) is 5.03. The van der Waals surface area contributed by atoms with Gasteiger partial charge in [0.2, 0.25) is 0 Å². The predicted molar refractivity (Wildman–Crippen MR) is 82.5 cm³/mol. The van der Waals surface area contributed by atoms with Gasteiger partial charge in [0.25, 0.3) is 5.82 Å². The van der Waals surface area contributed by atoms with E-state index >= 15 is 0 Å². The Labute approximate surface area is 124 Å². The number of aromatic amines is 1. The molecule has 2 heterocycles. The molecule has 21 heavy (non-hydrogen) atoms. The number of aromatic hydroxyl groups is 1. The van der Waals surface area contributed by atoms with E-state index in [-0.39, 0.29) is 5.75 Å². The first-order valence-corrected chi connectivity index (χ1v) is 7.11. The number of benzene rings is 1. The number of hydrogen-bond donors (Lipinski definition) is 1. The number of piperazine rings is 1. The standard InChI is InChI=1S/C16H18N4O/c21-15-5-3-4-14(12-15)13-18-20-10-8-19(9-11-20)16-6-1-2-7-17-16/h1-7,12-13,21H,8-11H2/p+1/b18-13-. The monoisotopic (exact) mass is 283 g/mol. The molecular weight excluding hydrogens is 264 g/mol. The number of hydrogen-bond acceptors (Lipinski definition) is 4. The van der Waals surface area contributed by atoms with Crippen molar-refractivity contribution >= 4 is 12.0 Å². The molecule has 5 heteroatoms. The predicted octanol–water partition coefficient (Wildman–Crippen LogP) is 1.36. The first-order chi connectivity index (χ1) is 10.3. The lowest BCUT2D eigenvalue weighted by molar-refractivity contribution is -0.364. The van der Waals surface area contributed by atoms with E-state index in [1.165, 1.54) is 0 Å². The van der Waals surface area contributed by atoms with Crippen LogP contribution < -0.4 is 9.88 Å². The number of phenols is 1. The van der Waals surface area contributed by atoms with E-state index in [9.17, 15) is 5.11 Å². The third-order valence-corrected chi connectivity index (χ3v) is 3.53. The van der Waals surface area contributed by atoms with Crippen molar-refractivity contribution in [3.8, 4) is 5.75 Å². The molecule has 0 bridgehead atoms. The van der Waals surface area contributed by atoms with Gasteiger partial charge in [-0.25, -0.2) is 4.98 Å². The molecule has 2 N–H and O–H groups in total. The topological polar surface area (TPSA) is 53.2 Å². The van der Waals surface area contributed by atoms with Gasteiger partial charge >= 0.3 is 0 Å². The van der Waals surface area contributed by atoms with E-state index in [1.807, 2.05) is 30.5 Å². The second-order valence-electron chi connectivity index (χ2n) is 5.03. The molecule has 1 aliphatic heterocycles. The average Bonchev–Trinajstić information content (AvgIpc) is 2.54. The Balaban J connectivity index is 1.56. The quantitative estimate of drug-likeness (QED) is 0.865. The van der Waals surface area contributed by atoms with Crippen LogP contribution in [0.1, 0.15) is 5.56 Å². The van der Waals surface area contributed by atoms with Crippen LogP contribution in [0.3, 0.4) is 0 Å². The highest BCUT2D eigenvalue weighted by molar-refractivity contribution is 5.79. The van der Waals surface area contributed by atoms with E-state index in [1.54, 1.807) is 18.3 Å². The van der Waals surface area contributed by atoms with Gasteiger partial charge in [-0.3, -0.25) is 9.91 Å². The summed E-state index contributed by atoms with van der Waals surface area (Å²) in [7, 11) is 0. The maximum atomic E-state index is 9.43. The number of pyridine rings is 1. The third kappa shape index (κ3) is 3.51. The average molecular weight is 283 g/mol. The van der Waals surface area contributed by atoms with Crippen molar-refractivity contribution < 1.29 is 10.1 Å². The lowest BCUT2D eigenvalue weighted by atomic mass is 10.2. The van der Waals surface area contributed by atoms with Crippen LogP contribution in [0.2, 0.25) is 0 Å². The lowest BCUT2D eigenvalue weighted by Crippen LogP contribution is -2.45. The number of hydrazone groups is 1. The van der Waals surface area contributed by atoms with E-state index < -0.39 is 0 Å². The normalized spacial score (nSPS) is 15.6. The number of anilines is 1. The van der Waals surface area contributed by atoms with Crippen molar-refractivity contribution in [3.63, 3.8) is 0 Å². The van der Waals surface area contributed by atoms with Gasteiger partial charge in [-0.1, -0.05) is 18.2 Å². The molecule has 0 amide bonds. The summed E-state index contributed by atoms with van der Waals surface area (Å²) >= 11 is 0. The van der Waals surface area contributed by atoms with Crippen LogP contribution in [0.5, 0.6) is 5.75 Å². The highest BCUT2D eigenvalue weighted by atomic mass is 16.3. The molecule has 1 saturated heterocycles.